The Morgan fingerprint density at radius 1 is 1.24 bits per heavy atom. The summed E-state index contributed by atoms with van der Waals surface area (Å²) in [5.74, 6) is 0.328. The molecule has 3 aromatic rings. The van der Waals surface area contributed by atoms with Gasteiger partial charge in [0.1, 0.15) is 5.78 Å². The highest BCUT2D eigenvalue weighted by Crippen LogP contribution is 2.14. The summed E-state index contributed by atoms with van der Waals surface area (Å²) in [4.78, 5) is 40.4. The lowest BCUT2D eigenvalue weighted by molar-refractivity contribution is -0.117. The third-order valence-electron chi connectivity index (χ3n) is 3.68. The molecule has 0 radical (unpaired) electrons. The first-order chi connectivity index (χ1) is 9.82. The number of imidazole rings is 2. The van der Waals surface area contributed by atoms with Crippen molar-refractivity contribution in [1.82, 2.24) is 23.1 Å². The first-order valence-corrected chi connectivity index (χ1v) is 6.46. The van der Waals surface area contributed by atoms with Crippen molar-refractivity contribution >= 4 is 22.7 Å². The molecule has 3 heterocycles. The second-order valence-electron chi connectivity index (χ2n) is 5.22. The second-order valence-corrected chi connectivity index (χ2v) is 5.22. The van der Waals surface area contributed by atoms with Gasteiger partial charge in [-0.15, -0.1) is 0 Å². The fraction of sp³-hybridized carbons (Fsp3) is 0.385. The van der Waals surface area contributed by atoms with Crippen LogP contribution in [0.15, 0.2) is 15.8 Å². The van der Waals surface area contributed by atoms with Gasteiger partial charge < -0.3 is 4.57 Å². The molecule has 0 atom stereocenters. The molecule has 0 amide bonds. The number of fused-ring (bicyclic) bond motifs is 3. The third kappa shape index (κ3) is 1.68. The van der Waals surface area contributed by atoms with Crippen molar-refractivity contribution in [3.63, 3.8) is 0 Å². The van der Waals surface area contributed by atoms with E-state index in [0.717, 1.165) is 10.3 Å². The molecule has 0 unspecified atom stereocenters. The van der Waals surface area contributed by atoms with E-state index in [1.165, 1.54) is 11.5 Å². The van der Waals surface area contributed by atoms with Crippen LogP contribution in [0, 0.1) is 6.92 Å². The summed E-state index contributed by atoms with van der Waals surface area (Å²) in [5.41, 5.74) is 0.516. The number of Topliss-reactive ketones (excluding diaryl/α,β-unsaturated/α-hetero) is 1. The molecule has 3 aromatic heterocycles. The molecule has 0 saturated heterocycles. The Morgan fingerprint density at radius 2 is 1.90 bits per heavy atom. The van der Waals surface area contributed by atoms with Gasteiger partial charge in [0.2, 0.25) is 5.78 Å². The summed E-state index contributed by atoms with van der Waals surface area (Å²) >= 11 is 0. The first kappa shape index (κ1) is 13.3. The molecule has 0 bridgehead atoms. The lowest BCUT2D eigenvalue weighted by atomic mass is 10.4. The van der Waals surface area contributed by atoms with Gasteiger partial charge >= 0.3 is 5.69 Å². The van der Waals surface area contributed by atoms with Crippen molar-refractivity contribution in [3.8, 4) is 0 Å². The maximum atomic E-state index is 12.6. The number of carbonyl (C=O) groups is 1. The smallest absolute Gasteiger partial charge is 0.317 e. The number of hydrogen-bond donors (Lipinski definition) is 0. The zero-order valence-electron chi connectivity index (χ0n) is 12.2. The molecule has 0 aliphatic carbocycles. The van der Waals surface area contributed by atoms with E-state index in [1.807, 2.05) is 18.5 Å². The Kier molecular flexibility index (Phi) is 2.65. The van der Waals surface area contributed by atoms with Crippen LogP contribution in [0.5, 0.6) is 0 Å². The highest BCUT2D eigenvalue weighted by atomic mass is 16.2. The zero-order valence-corrected chi connectivity index (χ0v) is 12.2. The predicted octanol–water partition coefficient (Wildman–Crippen LogP) is -0.416. The van der Waals surface area contributed by atoms with Gasteiger partial charge in [0.15, 0.2) is 11.2 Å². The molecule has 0 saturated carbocycles. The van der Waals surface area contributed by atoms with Gasteiger partial charge in [0.25, 0.3) is 5.56 Å². The lowest BCUT2D eigenvalue weighted by Crippen LogP contribution is -2.40. The van der Waals surface area contributed by atoms with Crippen LogP contribution in [0.3, 0.4) is 0 Å². The lowest BCUT2D eigenvalue weighted by Gasteiger charge is -2.05. The molecule has 0 aliphatic rings. The molecule has 0 aliphatic heterocycles. The summed E-state index contributed by atoms with van der Waals surface area (Å²) < 4.78 is 5.73. The number of rotatable bonds is 2. The average molecular weight is 289 g/mol. The molecule has 3 rings (SSSR count). The topological polar surface area (TPSA) is 83.3 Å². The van der Waals surface area contributed by atoms with E-state index in [1.54, 1.807) is 17.6 Å². The van der Waals surface area contributed by atoms with Crippen LogP contribution < -0.4 is 11.2 Å². The second kappa shape index (κ2) is 4.18. The van der Waals surface area contributed by atoms with E-state index in [4.69, 9.17) is 0 Å². The molecule has 0 N–H and O–H groups in total. The quantitative estimate of drug-likeness (QED) is 0.641. The minimum atomic E-state index is -0.539. The number of ketones is 1. The SMILES string of the molecule is CC(=O)Cn1c(=O)c2c(nc3n(C)c(C)cn23)n(C)c1=O. The normalized spacial score (nSPS) is 11.6. The van der Waals surface area contributed by atoms with Gasteiger partial charge in [0.05, 0.1) is 6.54 Å². The van der Waals surface area contributed by atoms with Gasteiger partial charge in [-0.3, -0.25) is 23.1 Å². The molecule has 0 fully saturated rings. The van der Waals surface area contributed by atoms with Crippen LogP contribution in [0.25, 0.3) is 16.9 Å². The predicted molar refractivity (Wildman–Crippen MR) is 76.6 cm³/mol. The maximum Gasteiger partial charge on any atom is 0.332 e. The van der Waals surface area contributed by atoms with Crippen LogP contribution in [0.1, 0.15) is 12.6 Å². The minimum absolute atomic E-state index is 0.236. The summed E-state index contributed by atoms with van der Waals surface area (Å²) in [6, 6.07) is 0. The number of hydrogen-bond acceptors (Lipinski definition) is 4. The molecular weight excluding hydrogens is 274 g/mol. The van der Waals surface area contributed by atoms with Crippen LogP contribution in [-0.2, 0) is 25.4 Å². The number of carbonyl (C=O) groups excluding carboxylic acids is 1. The molecule has 0 aromatic carbocycles. The van der Waals surface area contributed by atoms with Gasteiger partial charge in [0, 0.05) is 26.0 Å². The summed E-state index contributed by atoms with van der Waals surface area (Å²) in [5, 5.41) is 0. The number of aryl methyl sites for hydroxylation is 3. The molecule has 110 valence electrons. The molecule has 8 heteroatoms. The van der Waals surface area contributed by atoms with Crippen molar-refractivity contribution < 1.29 is 4.79 Å². The van der Waals surface area contributed by atoms with E-state index in [-0.39, 0.29) is 12.3 Å². The highest BCUT2D eigenvalue weighted by Gasteiger charge is 2.19. The largest absolute Gasteiger partial charge is 0.332 e. The van der Waals surface area contributed by atoms with E-state index in [0.29, 0.717) is 16.9 Å². The number of nitrogens with zero attached hydrogens (tertiary/aromatic N) is 5. The first-order valence-electron chi connectivity index (χ1n) is 6.46. The Balaban J connectivity index is 2.56. The molecule has 0 spiro atoms. The van der Waals surface area contributed by atoms with Gasteiger partial charge in [-0.2, -0.15) is 4.98 Å². The third-order valence-corrected chi connectivity index (χ3v) is 3.68. The Labute approximate surface area is 118 Å². The van der Waals surface area contributed by atoms with Crippen LogP contribution in [0.4, 0.5) is 0 Å². The van der Waals surface area contributed by atoms with E-state index in [9.17, 15) is 14.4 Å². The fourth-order valence-corrected chi connectivity index (χ4v) is 2.48. The Hall–Kier alpha value is -2.64. The average Bonchev–Trinajstić information content (AvgIpc) is 2.91. The number of aromatic nitrogens is 5. The maximum absolute atomic E-state index is 12.6. The van der Waals surface area contributed by atoms with Gasteiger partial charge in [-0.25, -0.2) is 4.79 Å². The minimum Gasteiger partial charge on any atom is -0.317 e. The van der Waals surface area contributed by atoms with Crippen molar-refractivity contribution in [1.29, 1.82) is 0 Å². The molecular formula is C13H15N5O3. The monoisotopic (exact) mass is 289 g/mol. The zero-order chi connectivity index (χ0) is 15.5. The van der Waals surface area contributed by atoms with Crippen molar-refractivity contribution in [3.05, 3.63) is 32.7 Å². The Bertz CT molecular complexity index is 1010. The van der Waals surface area contributed by atoms with Crippen molar-refractivity contribution in [2.45, 2.75) is 20.4 Å². The van der Waals surface area contributed by atoms with Crippen LogP contribution >= 0.6 is 0 Å². The summed E-state index contributed by atoms with van der Waals surface area (Å²) in [6.07, 6.45) is 1.79. The molecule has 8 nitrogen and oxygen atoms in total. The fourth-order valence-electron chi connectivity index (χ4n) is 2.48. The van der Waals surface area contributed by atoms with E-state index < -0.39 is 11.2 Å². The van der Waals surface area contributed by atoms with Crippen molar-refractivity contribution in [2.24, 2.45) is 14.1 Å². The van der Waals surface area contributed by atoms with Gasteiger partial charge in [-0.1, -0.05) is 0 Å². The van der Waals surface area contributed by atoms with E-state index in [2.05, 4.69) is 4.98 Å². The van der Waals surface area contributed by atoms with Crippen molar-refractivity contribution in [2.75, 3.05) is 0 Å². The summed E-state index contributed by atoms with van der Waals surface area (Å²) in [6.45, 7) is 3.01. The van der Waals surface area contributed by atoms with Crippen LogP contribution in [0.2, 0.25) is 0 Å². The van der Waals surface area contributed by atoms with E-state index >= 15 is 0 Å². The highest BCUT2D eigenvalue weighted by molar-refractivity contribution is 5.77. The van der Waals surface area contributed by atoms with Crippen LogP contribution in [-0.4, -0.2) is 28.9 Å². The Morgan fingerprint density at radius 3 is 2.52 bits per heavy atom. The van der Waals surface area contributed by atoms with Gasteiger partial charge in [-0.05, 0) is 13.8 Å². The summed E-state index contributed by atoms with van der Waals surface area (Å²) in [7, 11) is 3.38. The standard InChI is InChI=1S/C13H15N5O3/c1-7-5-17-9-10(14-12(17)15(7)3)16(4)13(21)18(11(9)20)6-8(2)19/h5H,6H2,1-4H3. The molecule has 21 heavy (non-hydrogen) atoms.